The fourth-order valence-electron chi connectivity index (χ4n) is 4.15. The van der Waals surface area contributed by atoms with E-state index >= 15 is 0 Å². The molecule has 4 rings (SSSR count). The highest BCUT2D eigenvalue weighted by atomic mass is 16.2. The van der Waals surface area contributed by atoms with Crippen LogP contribution < -0.4 is 9.80 Å². The molecular weight excluding hydrogens is 338 g/mol. The number of hydrogen-bond donors (Lipinski definition) is 0. The van der Waals surface area contributed by atoms with Crippen LogP contribution in [0.25, 0.3) is 0 Å². The molecule has 27 heavy (non-hydrogen) atoms. The van der Waals surface area contributed by atoms with Crippen LogP contribution in [0.3, 0.4) is 0 Å². The molecule has 142 valence electrons. The SMILES string of the molecule is CN(C)CC1CCc2ccccc2N1C(=O)c1ccc(N2CCCC2)nn1. The number of rotatable bonds is 4. The zero-order chi connectivity index (χ0) is 18.8. The molecule has 2 aliphatic rings. The number of amides is 1. The number of aromatic nitrogens is 2. The van der Waals surface area contributed by atoms with Crippen LogP contribution in [0.2, 0.25) is 0 Å². The molecule has 6 heteroatoms. The van der Waals surface area contributed by atoms with Gasteiger partial charge in [-0.2, -0.15) is 0 Å². The predicted molar refractivity (Wildman–Crippen MR) is 107 cm³/mol. The van der Waals surface area contributed by atoms with Crippen LogP contribution in [0.15, 0.2) is 36.4 Å². The maximum absolute atomic E-state index is 13.4. The summed E-state index contributed by atoms with van der Waals surface area (Å²) < 4.78 is 0. The summed E-state index contributed by atoms with van der Waals surface area (Å²) in [6.07, 6.45) is 4.34. The van der Waals surface area contributed by atoms with Crippen molar-refractivity contribution in [2.45, 2.75) is 31.7 Å². The fraction of sp³-hybridized carbons (Fsp3) is 0.476. The van der Waals surface area contributed by atoms with E-state index in [-0.39, 0.29) is 11.9 Å². The first-order valence-electron chi connectivity index (χ1n) is 9.78. The second-order valence-corrected chi connectivity index (χ2v) is 7.73. The van der Waals surface area contributed by atoms with Gasteiger partial charge in [-0.1, -0.05) is 18.2 Å². The second kappa shape index (κ2) is 7.64. The average Bonchev–Trinajstić information content (AvgIpc) is 3.22. The van der Waals surface area contributed by atoms with Crippen LogP contribution in [0.4, 0.5) is 11.5 Å². The topological polar surface area (TPSA) is 52.6 Å². The van der Waals surface area contributed by atoms with Gasteiger partial charge >= 0.3 is 0 Å². The van der Waals surface area contributed by atoms with Crippen molar-refractivity contribution in [2.75, 3.05) is 43.5 Å². The number of carbonyl (C=O) groups is 1. The third kappa shape index (κ3) is 3.67. The smallest absolute Gasteiger partial charge is 0.279 e. The number of benzene rings is 1. The third-order valence-electron chi connectivity index (χ3n) is 5.46. The molecule has 2 aromatic rings. The minimum absolute atomic E-state index is 0.0607. The lowest BCUT2D eigenvalue weighted by atomic mass is 9.95. The van der Waals surface area contributed by atoms with Gasteiger partial charge in [0.05, 0.1) is 6.04 Å². The van der Waals surface area contributed by atoms with Gasteiger partial charge in [0.15, 0.2) is 11.5 Å². The number of anilines is 2. The Hall–Kier alpha value is -2.47. The molecule has 2 aliphatic heterocycles. The Bertz CT molecular complexity index is 798. The molecule has 0 spiro atoms. The molecule has 0 radical (unpaired) electrons. The number of hydrogen-bond acceptors (Lipinski definition) is 5. The molecule has 1 aromatic heterocycles. The number of fused-ring (bicyclic) bond motifs is 1. The molecule has 1 aromatic carbocycles. The highest BCUT2D eigenvalue weighted by molar-refractivity contribution is 6.06. The number of para-hydroxylation sites is 1. The van der Waals surface area contributed by atoms with Crippen LogP contribution in [0, 0.1) is 0 Å². The number of likely N-dealkylation sites (N-methyl/N-ethyl adjacent to an activating group) is 1. The fourth-order valence-corrected chi connectivity index (χ4v) is 4.15. The molecule has 6 nitrogen and oxygen atoms in total. The first-order chi connectivity index (χ1) is 13.1. The molecule has 0 N–H and O–H groups in total. The van der Waals surface area contributed by atoms with E-state index in [0.29, 0.717) is 5.69 Å². The van der Waals surface area contributed by atoms with Gasteiger partial charge in [0, 0.05) is 25.3 Å². The van der Waals surface area contributed by atoms with Gasteiger partial charge in [-0.15, -0.1) is 10.2 Å². The lowest BCUT2D eigenvalue weighted by Crippen LogP contribution is -2.48. The minimum Gasteiger partial charge on any atom is -0.355 e. The van der Waals surface area contributed by atoms with Crippen LogP contribution in [-0.4, -0.2) is 60.8 Å². The Morgan fingerprint density at radius 3 is 2.59 bits per heavy atom. The summed E-state index contributed by atoms with van der Waals surface area (Å²) in [5, 5.41) is 8.62. The molecule has 1 fully saturated rings. The average molecular weight is 365 g/mol. The number of nitrogens with zero attached hydrogens (tertiary/aromatic N) is 5. The largest absolute Gasteiger partial charge is 0.355 e. The molecule has 0 bridgehead atoms. The zero-order valence-corrected chi connectivity index (χ0v) is 16.1. The minimum atomic E-state index is -0.0607. The molecule has 3 heterocycles. The molecule has 1 atom stereocenters. The van der Waals surface area contributed by atoms with Gasteiger partial charge in [0.2, 0.25) is 0 Å². The Kier molecular flexibility index (Phi) is 5.07. The summed E-state index contributed by atoms with van der Waals surface area (Å²) in [4.78, 5) is 19.7. The van der Waals surface area contributed by atoms with Crippen LogP contribution in [0.1, 0.15) is 35.3 Å². The Morgan fingerprint density at radius 2 is 1.89 bits per heavy atom. The standard InChI is InChI=1S/C21H27N5O/c1-24(2)15-17-10-9-16-7-3-4-8-19(16)26(17)21(27)18-11-12-20(23-22-18)25-13-5-6-14-25/h3-4,7-8,11-12,17H,5-6,9-10,13-15H2,1-2H3. The monoisotopic (exact) mass is 365 g/mol. The number of carbonyl (C=O) groups excluding carboxylic acids is 1. The lowest BCUT2D eigenvalue weighted by molar-refractivity contribution is 0.0962. The van der Waals surface area contributed by atoms with E-state index in [1.54, 1.807) is 0 Å². The van der Waals surface area contributed by atoms with Crippen molar-refractivity contribution in [2.24, 2.45) is 0 Å². The molecule has 0 aliphatic carbocycles. The van der Waals surface area contributed by atoms with E-state index in [9.17, 15) is 4.79 Å². The van der Waals surface area contributed by atoms with E-state index < -0.39 is 0 Å². The van der Waals surface area contributed by atoms with Crippen LogP contribution in [0.5, 0.6) is 0 Å². The first kappa shape index (κ1) is 17.9. The zero-order valence-electron chi connectivity index (χ0n) is 16.1. The number of aryl methyl sites for hydroxylation is 1. The van der Waals surface area contributed by atoms with Crippen molar-refractivity contribution >= 4 is 17.4 Å². The normalized spacial score (nSPS) is 19.4. The quantitative estimate of drug-likeness (QED) is 0.834. The summed E-state index contributed by atoms with van der Waals surface area (Å²) in [5.74, 6) is 0.808. The van der Waals surface area contributed by atoms with E-state index in [4.69, 9.17) is 0 Å². The van der Waals surface area contributed by atoms with Gasteiger partial charge in [-0.3, -0.25) is 4.79 Å². The predicted octanol–water partition coefficient (Wildman–Crippen LogP) is 2.60. The Morgan fingerprint density at radius 1 is 1.11 bits per heavy atom. The van der Waals surface area contributed by atoms with Crippen molar-refractivity contribution < 1.29 is 4.79 Å². The van der Waals surface area contributed by atoms with Crippen molar-refractivity contribution in [3.8, 4) is 0 Å². The summed E-state index contributed by atoms with van der Waals surface area (Å²) >= 11 is 0. The van der Waals surface area contributed by atoms with Crippen molar-refractivity contribution in [1.29, 1.82) is 0 Å². The van der Waals surface area contributed by atoms with E-state index in [1.807, 2.05) is 49.3 Å². The molecule has 0 saturated carbocycles. The summed E-state index contributed by atoms with van der Waals surface area (Å²) in [7, 11) is 4.10. The van der Waals surface area contributed by atoms with E-state index in [0.717, 1.165) is 44.0 Å². The van der Waals surface area contributed by atoms with Crippen molar-refractivity contribution in [3.05, 3.63) is 47.7 Å². The highest BCUT2D eigenvalue weighted by Crippen LogP contribution is 2.32. The molecule has 1 saturated heterocycles. The Balaban J connectivity index is 1.63. The second-order valence-electron chi connectivity index (χ2n) is 7.73. The maximum atomic E-state index is 13.4. The molecular formula is C21H27N5O. The van der Waals surface area contributed by atoms with E-state index in [2.05, 4.69) is 26.1 Å². The summed E-state index contributed by atoms with van der Waals surface area (Å²) in [6, 6.07) is 12.1. The summed E-state index contributed by atoms with van der Waals surface area (Å²) in [5.41, 5.74) is 2.65. The molecule has 1 amide bonds. The van der Waals surface area contributed by atoms with Crippen LogP contribution >= 0.6 is 0 Å². The maximum Gasteiger partial charge on any atom is 0.279 e. The third-order valence-corrected chi connectivity index (χ3v) is 5.46. The van der Waals surface area contributed by atoms with Gasteiger partial charge in [0.1, 0.15) is 0 Å². The van der Waals surface area contributed by atoms with Gasteiger partial charge in [-0.05, 0) is 63.5 Å². The highest BCUT2D eigenvalue weighted by Gasteiger charge is 2.32. The Labute approximate surface area is 160 Å². The van der Waals surface area contributed by atoms with E-state index in [1.165, 1.54) is 18.4 Å². The first-order valence-corrected chi connectivity index (χ1v) is 9.78. The lowest BCUT2D eigenvalue weighted by Gasteiger charge is -2.38. The van der Waals surface area contributed by atoms with Gasteiger partial charge in [0.25, 0.3) is 5.91 Å². The summed E-state index contributed by atoms with van der Waals surface area (Å²) in [6.45, 7) is 2.87. The molecule has 1 unspecified atom stereocenters. The van der Waals surface area contributed by atoms with Crippen molar-refractivity contribution in [1.82, 2.24) is 15.1 Å². The van der Waals surface area contributed by atoms with Gasteiger partial charge in [-0.25, -0.2) is 0 Å². The van der Waals surface area contributed by atoms with Gasteiger partial charge < -0.3 is 14.7 Å². The van der Waals surface area contributed by atoms with Crippen LogP contribution in [-0.2, 0) is 6.42 Å². The van der Waals surface area contributed by atoms with Crippen molar-refractivity contribution in [3.63, 3.8) is 0 Å².